The Bertz CT molecular complexity index is 373. The van der Waals surface area contributed by atoms with Crippen LogP contribution in [0.25, 0.3) is 0 Å². The molecule has 2 rings (SSSR count). The van der Waals surface area contributed by atoms with Crippen LogP contribution in [-0.2, 0) is 10.2 Å². The summed E-state index contributed by atoms with van der Waals surface area (Å²) >= 11 is 0. The van der Waals surface area contributed by atoms with Crippen molar-refractivity contribution >= 4 is 5.78 Å². The summed E-state index contributed by atoms with van der Waals surface area (Å²) in [5.74, 6) is 0.602. The van der Waals surface area contributed by atoms with Gasteiger partial charge in [-0.2, -0.15) is 0 Å². The Kier molecular flexibility index (Phi) is 2.97. The lowest BCUT2D eigenvalue weighted by atomic mass is 9.69. The van der Waals surface area contributed by atoms with Gasteiger partial charge in [-0.1, -0.05) is 12.1 Å². The number of rotatable bonds is 2. The number of hydrogen-bond donors (Lipinski definition) is 2. The van der Waals surface area contributed by atoms with Crippen molar-refractivity contribution in [3.05, 3.63) is 29.8 Å². The average Bonchev–Trinajstić information content (AvgIpc) is 2.32. The van der Waals surface area contributed by atoms with Crippen LogP contribution in [0.1, 0.15) is 31.2 Å². The highest BCUT2D eigenvalue weighted by molar-refractivity contribution is 5.79. The van der Waals surface area contributed by atoms with E-state index in [4.69, 9.17) is 5.73 Å². The topological polar surface area (TPSA) is 63.3 Å². The largest absolute Gasteiger partial charge is 0.508 e. The first-order valence-electron chi connectivity index (χ1n) is 5.68. The molecule has 0 aromatic heterocycles. The first-order valence-corrected chi connectivity index (χ1v) is 5.68. The summed E-state index contributed by atoms with van der Waals surface area (Å²) < 4.78 is 0. The van der Waals surface area contributed by atoms with E-state index in [1.165, 1.54) is 0 Å². The Morgan fingerprint density at radius 3 is 2.25 bits per heavy atom. The van der Waals surface area contributed by atoms with Gasteiger partial charge in [0.25, 0.3) is 0 Å². The zero-order valence-electron chi connectivity index (χ0n) is 9.28. The number of aromatic hydroxyl groups is 1. The van der Waals surface area contributed by atoms with Gasteiger partial charge in [0.1, 0.15) is 11.5 Å². The third-order valence-corrected chi connectivity index (χ3v) is 3.64. The van der Waals surface area contributed by atoms with Crippen LogP contribution in [0.15, 0.2) is 24.3 Å². The first kappa shape index (κ1) is 11.1. The summed E-state index contributed by atoms with van der Waals surface area (Å²) in [7, 11) is 0. The molecular weight excluding hydrogens is 202 g/mol. The molecule has 0 heterocycles. The molecule has 0 spiro atoms. The smallest absolute Gasteiger partial charge is 0.132 e. The molecule has 3 N–H and O–H groups in total. The van der Waals surface area contributed by atoms with Crippen molar-refractivity contribution in [1.82, 2.24) is 0 Å². The molecule has 0 bridgehead atoms. The maximum atomic E-state index is 11.3. The average molecular weight is 219 g/mol. The minimum absolute atomic E-state index is 0.0678. The second kappa shape index (κ2) is 4.26. The number of hydrogen-bond acceptors (Lipinski definition) is 3. The molecule has 3 nitrogen and oxygen atoms in total. The summed E-state index contributed by atoms with van der Waals surface area (Å²) in [6.45, 7) is 0.561. The molecule has 86 valence electrons. The molecule has 1 aromatic rings. The summed E-state index contributed by atoms with van der Waals surface area (Å²) in [5, 5.41) is 9.27. The zero-order valence-corrected chi connectivity index (χ0v) is 9.28. The molecule has 0 atom stereocenters. The molecule has 3 heteroatoms. The fourth-order valence-corrected chi connectivity index (χ4v) is 2.43. The molecule has 0 aliphatic heterocycles. The van der Waals surface area contributed by atoms with E-state index in [0.717, 1.165) is 18.4 Å². The number of nitrogens with two attached hydrogens (primary N) is 1. The summed E-state index contributed by atoms with van der Waals surface area (Å²) in [6, 6.07) is 7.20. The summed E-state index contributed by atoms with van der Waals surface area (Å²) in [4.78, 5) is 11.3. The van der Waals surface area contributed by atoms with Gasteiger partial charge in [0.2, 0.25) is 0 Å². The van der Waals surface area contributed by atoms with E-state index in [0.29, 0.717) is 25.2 Å². The van der Waals surface area contributed by atoms with E-state index in [-0.39, 0.29) is 11.2 Å². The predicted molar refractivity (Wildman–Crippen MR) is 62.3 cm³/mol. The van der Waals surface area contributed by atoms with E-state index in [2.05, 4.69) is 0 Å². The van der Waals surface area contributed by atoms with Crippen LogP contribution in [0, 0.1) is 0 Å². The highest BCUT2D eigenvalue weighted by Crippen LogP contribution is 2.37. The molecule has 1 aromatic carbocycles. The van der Waals surface area contributed by atoms with E-state index < -0.39 is 0 Å². The fraction of sp³-hybridized carbons (Fsp3) is 0.462. The number of Topliss-reactive ketones (excluding diaryl/α,β-unsaturated/α-hetero) is 1. The van der Waals surface area contributed by atoms with E-state index in [1.807, 2.05) is 12.1 Å². The first-order chi connectivity index (χ1) is 7.66. The van der Waals surface area contributed by atoms with Crippen LogP contribution >= 0.6 is 0 Å². The van der Waals surface area contributed by atoms with Crippen molar-refractivity contribution in [3.8, 4) is 5.75 Å². The van der Waals surface area contributed by atoms with Gasteiger partial charge in [0, 0.05) is 24.8 Å². The second-order valence-corrected chi connectivity index (χ2v) is 4.57. The number of ketones is 1. The maximum absolute atomic E-state index is 11.3. The summed E-state index contributed by atoms with van der Waals surface area (Å²) in [5.41, 5.74) is 6.95. The molecule has 1 aliphatic rings. The molecule has 16 heavy (non-hydrogen) atoms. The van der Waals surface area contributed by atoms with Gasteiger partial charge in [0.15, 0.2) is 0 Å². The van der Waals surface area contributed by atoms with Gasteiger partial charge >= 0.3 is 0 Å². The monoisotopic (exact) mass is 219 g/mol. The van der Waals surface area contributed by atoms with Crippen LogP contribution in [-0.4, -0.2) is 17.4 Å². The van der Waals surface area contributed by atoms with Crippen molar-refractivity contribution in [2.75, 3.05) is 6.54 Å². The Morgan fingerprint density at radius 1 is 1.19 bits per heavy atom. The Balaban J connectivity index is 2.27. The van der Waals surface area contributed by atoms with Crippen molar-refractivity contribution in [2.45, 2.75) is 31.1 Å². The highest BCUT2D eigenvalue weighted by atomic mass is 16.3. The Morgan fingerprint density at radius 2 is 1.75 bits per heavy atom. The lowest BCUT2D eigenvalue weighted by Gasteiger charge is -2.36. The number of carbonyl (C=O) groups excluding carboxylic acids is 1. The van der Waals surface area contributed by atoms with Crippen LogP contribution in [0.4, 0.5) is 0 Å². The number of phenolic OH excluding ortho intramolecular Hbond substituents is 1. The molecule has 0 saturated heterocycles. The van der Waals surface area contributed by atoms with Crippen LogP contribution in [0.2, 0.25) is 0 Å². The third-order valence-electron chi connectivity index (χ3n) is 3.64. The van der Waals surface area contributed by atoms with Gasteiger partial charge in [-0.15, -0.1) is 0 Å². The summed E-state index contributed by atoms with van der Waals surface area (Å²) in [6.07, 6.45) is 2.90. The number of phenols is 1. The molecule has 0 radical (unpaired) electrons. The highest BCUT2D eigenvalue weighted by Gasteiger charge is 2.34. The fourth-order valence-electron chi connectivity index (χ4n) is 2.43. The second-order valence-electron chi connectivity index (χ2n) is 4.57. The van der Waals surface area contributed by atoms with Gasteiger partial charge in [0.05, 0.1) is 0 Å². The van der Waals surface area contributed by atoms with Crippen LogP contribution in [0.5, 0.6) is 5.75 Å². The Hall–Kier alpha value is -1.35. The molecule has 1 fully saturated rings. The lowest BCUT2D eigenvalue weighted by Crippen LogP contribution is -2.39. The van der Waals surface area contributed by atoms with Gasteiger partial charge in [-0.05, 0) is 30.5 Å². The molecule has 1 saturated carbocycles. The van der Waals surface area contributed by atoms with Crippen molar-refractivity contribution in [3.63, 3.8) is 0 Å². The zero-order chi connectivity index (χ0) is 11.6. The minimum atomic E-state index is -0.0678. The SMILES string of the molecule is NCC1(c2ccc(O)cc2)CCC(=O)CC1. The van der Waals surface area contributed by atoms with Crippen molar-refractivity contribution in [1.29, 1.82) is 0 Å². The lowest BCUT2D eigenvalue weighted by molar-refractivity contribution is -0.121. The molecule has 0 unspecified atom stereocenters. The van der Waals surface area contributed by atoms with Crippen molar-refractivity contribution in [2.24, 2.45) is 5.73 Å². The van der Waals surface area contributed by atoms with E-state index in [1.54, 1.807) is 12.1 Å². The molecule has 1 aliphatic carbocycles. The normalized spacial score (nSPS) is 19.7. The Labute approximate surface area is 95.3 Å². The quantitative estimate of drug-likeness (QED) is 0.796. The molecule has 0 amide bonds. The standard InChI is InChI=1S/C13H17NO2/c14-9-13(7-5-12(16)6-8-13)10-1-3-11(15)4-2-10/h1-4,15H,5-9,14H2. The number of benzene rings is 1. The van der Waals surface area contributed by atoms with Crippen LogP contribution in [0.3, 0.4) is 0 Å². The maximum Gasteiger partial charge on any atom is 0.132 e. The number of carbonyl (C=O) groups is 1. The third kappa shape index (κ3) is 1.95. The van der Waals surface area contributed by atoms with E-state index >= 15 is 0 Å². The van der Waals surface area contributed by atoms with Gasteiger partial charge < -0.3 is 10.8 Å². The van der Waals surface area contributed by atoms with E-state index in [9.17, 15) is 9.90 Å². The van der Waals surface area contributed by atoms with Gasteiger partial charge in [-0.3, -0.25) is 4.79 Å². The van der Waals surface area contributed by atoms with Crippen molar-refractivity contribution < 1.29 is 9.90 Å². The van der Waals surface area contributed by atoms with Gasteiger partial charge in [-0.25, -0.2) is 0 Å². The predicted octanol–water partition coefficient (Wildman–Crippen LogP) is 1.73. The minimum Gasteiger partial charge on any atom is -0.508 e. The molecular formula is C13H17NO2. The van der Waals surface area contributed by atoms with Crippen LogP contribution < -0.4 is 5.73 Å².